The van der Waals surface area contributed by atoms with E-state index < -0.39 is 5.82 Å². The van der Waals surface area contributed by atoms with Gasteiger partial charge in [-0.1, -0.05) is 0 Å². The number of aromatic nitrogens is 2. The molecule has 4 nitrogen and oxygen atoms in total. The van der Waals surface area contributed by atoms with Gasteiger partial charge in [0.15, 0.2) is 17.4 Å². The van der Waals surface area contributed by atoms with Crippen molar-refractivity contribution in [1.82, 2.24) is 9.97 Å². The Kier molecular flexibility index (Phi) is 3.30. The van der Waals surface area contributed by atoms with E-state index >= 15 is 0 Å². The highest BCUT2D eigenvalue weighted by Gasteiger charge is 2.07. The highest BCUT2D eigenvalue weighted by atomic mass is 19.1. The standard InChI is InChI=1S/C12H12FN3O/c1-17-11-6-8(2-3-10(11)13)12-15-5-4-9(7-14)16-12/h2-6H,7,14H2,1H3. The van der Waals surface area contributed by atoms with E-state index in [9.17, 15) is 4.39 Å². The summed E-state index contributed by atoms with van der Waals surface area (Å²) in [5, 5.41) is 0. The second kappa shape index (κ2) is 4.88. The van der Waals surface area contributed by atoms with Crippen LogP contribution in [0.1, 0.15) is 5.69 Å². The largest absolute Gasteiger partial charge is 0.494 e. The molecule has 88 valence electrons. The van der Waals surface area contributed by atoms with Gasteiger partial charge >= 0.3 is 0 Å². The normalized spacial score (nSPS) is 10.3. The van der Waals surface area contributed by atoms with Gasteiger partial charge in [-0.25, -0.2) is 14.4 Å². The minimum absolute atomic E-state index is 0.171. The molecule has 0 unspecified atom stereocenters. The van der Waals surface area contributed by atoms with Crippen molar-refractivity contribution in [2.75, 3.05) is 7.11 Å². The first-order valence-corrected chi connectivity index (χ1v) is 5.10. The van der Waals surface area contributed by atoms with Crippen LogP contribution in [0.3, 0.4) is 0 Å². The molecule has 0 fully saturated rings. The molecule has 0 aliphatic rings. The van der Waals surface area contributed by atoms with Crippen LogP contribution < -0.4 is 10.5 Å². The zero-order valence-electron chi connectivity index (χ0n) is 9.35. The van der Waals surface area contributed by atoms with Gasteiger partial charge in [-0.3, -0.25) is 0 Å². The van der Waals surface area contributed by atoms with E-state index in [0.29, 0.717) is 17.9 Å². The molecule has 2 aromatic rings. The number of halogens is 1. The highest BCUT2D eigenvalue weighted by Crippen LogP contribution is 2.23. The van der Waals surface area contributed by atoms with E-state index in [-0.39, 0.29) is 5.75 Å². The van der Waals surface area contributed by atoms with E-state index in [1.807, 2.05) is 0 Å². The summed E-state index contributed by atoms with van der Waals surface area (Å²) in [6.07, 6.45) is 1.63. The molecule has 0 spiro atoms. The van der Waals surface area contributed by atoms with Crippen molar-refractivity contribution < 1.29 is 9.13 Å². The Morgan fingerprint density at radius 3 is 2.88 bits per heavy atom. The van der Waals surface area contributed by atoms with Crippen molar-refractivity contribution in [3.05, 3.63) is 42.0 Å². The molecule has 2 rings (SSSR count). The lowest BCUT2D eigenvalue weighted by molar-refractivity contribution is 0.386. The molecule has 0 saturated carbocycles. The second-order valence-corrected chi connectivity index (χ2v) is 3.43. The Hall–Kier alpha value is -2.01. The summed E-state index contributed by atoms with van der Waals surface area (Å²) in [5.41, 5.74) is 6.93. The summed E-state index contributed by atoms with van der Waals surface area (Å²) in [6.45, 7) is 0.341. The lowest BCUT2D eigenvalue weighted by atomic mass is 10.2. The summed E-state index contributed by atoms with van der Waals surface area (Å²) in [4.78, 5) is 8.37. The molecule has 5 heteroatoms. The Morgan fingerprint density at radius 1 is 1.35 bits per heavy atom. The van der Waals surface area contributed by atoms with Crippen LogP contribution in [-0.4, -0.2) is 17.1 Å². The average molecular weight is 233 g/mol. The quantitative estimate of drug-likeness (QED) is 0.877. The van der Waals surface area contributed by atoms with E-state index in [1.54, 1.807) is 24.4 Å². The number of rotatable bonds is 3. The SMILES string of the molecule is COc1cc(-c2nccc(CN)n2)ccc1F. The van der Waals surface area contributed by atoms with Gasteiger partial charge in [-0.2, -0.15) is 0 Å². The fourth-order valence-corrected chi connectivity index (χ4v) is 1.45. The summed E-state index contributed by atoms with van der Waals surface area (Å²) in [6, 6.07) is 6.23. The van der Waals surface area contributed by atoms with Gasteiger partial charge in [-0.15, -0.1) is 0 Å². The van der Waals surface area contributed by atoms with Gasteiger partial charge < -0.3 is 10.5 Å². The van der Waals surface area contributed by atoms with Crippen LogP contribution in [0, 0.1) is 5.82 Å². The number of nitrogens with two attached hydrogens (primary N) is 1. The van der Waals surface area contributed by atoms with E-state index in [2.05, 4.69) is 9.97 Å². The smallest absolute Gasteiger partial charge is 0.165 e. The summed E-state index contributed by atoms with van der Waals surface area (Å²) in [5.74, 6) is 0.265. The molecule has 1 aromatic carbocycles. The third-order valence-corrected chi connectivity index (χ3v) is 2.33. The Labute approximate surface area is 98.3 Å². The molecule has 0 atom stereocenters. The lowest BCUT2D eigenvalue weighted by Crippen LogP contribution is -2.01. The minimum Gasteiger partial charge on any atom is -0.494 e. The molecule has 0 saturated heterocycles. The zero-order chi connectivity index (χ0) is 12.3. The predicted octanol–water partition coefficient (Wildman–Crippen LogP) is 1.75. The van der Waals surface area contributed by atoms with Gasteiger partial charge in [0, 0.05) is 18.3 Å². The first-order valence-electron chi connectivity index (χ1n) is 5.10. The maximum atomic E-state index is 13.2. The maximum absolute atomic E-state index is 13.2. The number of nitrogens with zero attached hydrogens (tertiary/aromatic N) is 2. The number of hydrogen-bond acceptors (Lipinski definition) is 4. The maximum Gasteiger partial charge on any atom is 0.165 e. The second-order valence-electron chi connectivity index (χ2n) is 3.43. The molecule has 1 aromatic heterocycles. The monoisotopic (exact) mass is 233 g/mol. The number of hydrogen-bond donors (Lipinski definition) is 1. The van der Waals surface area contributed by atoms with Gasteiger partial charge in [0.1, 0.15) is 0 Å². The molecule has 2 N–H and O–H groups in total. The van der Waals surface area contributed by atoms with Crippen LogP contribution in [0.5, 0.6) is 5.75 Å². The highest BCUT2D eigenvalue weighted by molar-refractivity contribution is 5.57. The van der Waals surface area contributed by atoms with Crippen molar-refractivity contribution in [3.63, 3.8) is 0 Å². The minimum atomic E-state index is -0.411. The Bertz CT molecular complexity index is 531. The Balaban J connectivity index is 2.45. The summed E-state index contributed by atoms with van der Waals surface area (Å²) in [7, 11) is 1.42. The molecule has 0 radical (unpaired) electrons. The van der Waals surface area contributed by atoms with Gasteiger partial charge in [0.25, 0.3) is 0 Å². The fourth-order valence-electron chi connectivity index (χ4n) is 1.45. The van der Waals surface area contributed by atoms with Gasteiger partial charge in [0.2, 0.25) is 0 Å². The van der Waals surface area contributed by atoms with Gasteiger partial charge in [0.05, 0.1) is 12.8 Å². The number of methoxy groups -OCH3 is 1. The third-order valence-electron chi connectivity index (χ3n) is 2.33. The molecule has 0 aliphatic carbocycles. The van der Waals surface area contributed by atoms with Crippen molar-refractivity contribution in [2.45, 2.75) is 6.54 Å². The first kappa shape index (κ1) is 11.5. The zero-order valence-corrected chi connectivity index (χ0v) is 9.35. The molecule has 1 heterocycles. The number of benzene rings is 1. The van der Waals surface area contributed by atoms with Gasteiger partial charge in [-0.05, 0) is 24.3 Å². The molecular formula is C12H12FN3O. The van der Waals surface area contributed by atoms with Crippen molar-refractivity contribution in [2.24, 2.45) is 5.73 Å². The first-order chi connectivity index (χ1) is 8.24. The Morgan fingerprint density at radius 2 is 2.18 bits per heavy atom. The third kappa shape index (κ3) is 2.39. The van der Waals surface area contributed by atoms with Crippen molar-refractivity contribution >= 4 is 0 Å². The van der Waals surface area contributed by atoms with Crippen molar-refractivity contribution in [3.8, 4) is 17.1 Å². The summed E-state index contributed by atoms with van der Waals surface area (Å²) < 4.78 is 18.2. The molecule has 0 aliphatic heterocycles. The topological polar surface area (TPSA) is 61.0 Å². The predicted molar refractivity (Wildman–Crippen MR) is 61.9 cm³/mol. The lowest BCUT2D eigenvalue weighted by Gasteiger charge is -2.05. The van der Waals surface area contributed by atoms with Crippen LogP contribution in [-0.2, 0) is 6.54 Å². The molecule has 0 amide bonds. The van der Waals surface area contributed by atoms with Crippen LogP contribution in [0.25, 0.3) is 11.4 Å². The van der Waals surface area contributed by atoms with Crippen LogP contribution in [0.15, 0.2) is 30.5 Å². The molecule has 17 heavy (non-hydrogen) atoms. The van der Waals surface area contributed by atoms with E-state index in [4.69, 9.17) is 10.5 Å². The van der Waals surface area contributed by atoms with Crippen LogP contribution in [0.2, 0.25) is 0 Å². The summed E-state index contributed by atoms with van der Waals surface area (Å²) >= 11 is 0. The molecular weight excluding hydrogens is 221 g/mol. The van der Waals surface area contributed by atoms with E-state index in [0.717, 1.165) is 5.69 Å². The van der Waals surface area contributed by atoms with Crippen LogP contribution >= 0.6 is 0 Å². The fraction of sp³-hybridized carbons (Fsp3) is 0.167. The van der Waals surface area contributed by atoms with Crippen LogP contribution in [0.4, 0.5) is 4.39 Å². The molecule has 0 bridgehead atoms. The average Bonchev–Trinajstić information content (AvgIpc) is 2.39. The van der Waals surface area contributed by atoms with Crippen molar-refractivity contribution in [1.29, 1.82) is 0 Å². The van der Waals surface area contributed by atoms with E-state index in [1.165, 1.54) is 13.2 Å². The number of ether oxygens (including phenoxy) is 1.